The van der Waals surface area contributed by atoms with Gasteiger partial charge in [0.1, 0.15) is 0 Å². The first-order valence-corrected chi connectivity index (χ1v) is 27.5. The number of fused-ring (bicyclic) bond motifs is 10. The van der Waals surface area contributed by atoms with Crippen LogP contribution in [0.3, 0.4) is 0 Å². The lowest BCUT2D eigenvalue weighted by molar-refractivity contribution is 1.47. The van der Waals surface area contributed by atoms with E-state index < -0.39 is 0 Å². The molecule has 14 aromatic rings. The maximum atomic E-state index is 3.61. The van der Waals surface area contributed by atoms with Crippen molar-refractivity contribution in [2.75, 3.05) is 0 Å². The predicted molar refractivity (Wildman–Crippen MR) is 334 cm³/mol. The number of benzene rings is 13. The number of H-pyrrole nitrogens is 1. The van der Waals surface area contributed by atoms with Crippen LogP contribution in [0.1, 0.15) is 16.7 Å². The lowest BCUT2D eigenvalue weighted by atomic mass is 9.82. The van der Waals surface area contributed by atoms with Crippen LogP contribution in [-0.2, 0) is 0 Å². The minimum Gasteiger partial charge on any atom is -0.361 e. The Kier molecular flexibility index (Phi) is 9.48. The number of rotatable bonds is 7. The number of para-hydroxylation sites is 1. The monoisotopic (exact) mass is 997 g/mol. The van der Waals surface area contributed by atoms with Crippen LogP contribution in [-0.4, -0.2) is 4.98 Å². The average molecular weight is 998 g/mol. The van der Waals surface area contributed by atoms with Crippen LogP contribution in [0.15, 0.2) is 273 Å². The molecule has 0 fully saturated rings. The van der Waals surface area contributed by atoms with Crippen LogP contribution in [0.5, 0.6) is 0 Å². The molecule has 1 heteroatoms. The van der Waals surface area contributed by atoms with E-state index in [4.69, 9.17) is 0 Å². The van der Waals surface area contributed by atoms with E-state index in [1.54, 1.807) is 0 Å². The molecule has 0 aliphatic heterocycles. The van der Waals surface area contributed by atoms with Gasteiger partial charge in [0.25, 0.3) is 0 Å². The molecule has 3 aliphatic carbocycles. The van der Waals surface area contributed by atoms with Gasteiger partial charge in [-0.2, -0.15) is 0 Å². The van der Waals surface area contributed by atoms with Crippen LogP contribution < -0.4 is 0 Å². The fraction of sp³-hybridized carbons (Fsp3) is 0. The molecule has 3 aliphatic rings. The van der Waals surface area contributed by atoms with E-state index in [0.717, 1.165) is 5.52 Å². The summed E-state index contributed by atoms with van der Waals surface area (Å²) in [5.41, 5.74) is 33.5. The molecule has 364 valence electrons. The molecule has 1 heterocycles. The smallest absolute Gasteiger partial charge is 0.0460 e. The van der Waals surface area contributed by atoms with Crippen molar-refractivity contribution >= 4 is 44.1 Å². The highest BCUT2D eigenvalue weighted by atomic mass is 14.7. The zero-order valence-corrected chi connectivity index (χ0v) is 43.1. The van der Waals surface area contributed by atoms with E-state index in [9.17, 15) is 0 Å². The molecule has 0 unspecified atom stereocenters. The second-order valence-corrected chi connectivity index (χ2v) is 21.4. The molecule has 0 radical (unpaired) electrons. The van der Waals surface area contributed by atoms with Crippen molar-refractivity contribution < 1.29 is 0 Å². The molecule has 0 atom stereocenters. The van der Waals surface area contributed by atoms with Gasteiger partial charge in [-0.1, -0.05) is 237 Å². The third-order valence-corrected chi connectivity index (χ3v) is 17.3. The summed E-state index contributed by atoms with van der Waals surface area (Å²) in [5, 5.41) is 6.39. The minimum atomic E-state index is 1.13. The second-order valence-electron chi connectivity index (χ2n) is 21.4. The van der Waals surface area contributed by atoms with Crippen LogP contribution in [0.4, 0.5) is 0 Å². The average Bonchev–Trinajstić information content (AvgIpc) is 3.90. The molecule has 0 bridgehead atoms. The number of aromatic amines is 1. The maximum Gasteiger partial charge on any atom is 0.0460 e. The first-order valence-electron chi connectivity index (χ1n) is 27.5. The van der Waals surface area contributed by atoms with Crippen LogP contribution in [0.25, 0.3) is 166 Å². The molecule has 1 N–H and O–H groups in total. The fourth-order valence-corrected chi connectivity index (χ4v) is 13.9. The predicted octanol–water partition coefficient (Wildman–Crippen LogP) is 21.3. The largest absolute Gasteiger partial charge is 0.361 e. The summed E-state index contributed by atoms with van der Waals surface area (Å²) in [5.74, 6) is 0. The lowest BCUT2D eigenvalue weighted by Crippen LogP contribution is -1.95. The van der Waals surface area contributed by atoms with Gasteiger partial charge in [-0.25, -0.2) is 0 Å². The Morgan fingerprint density at radius 3 is 1.09 bits per heavy atom. The van der Waals surface area contributed by atoms with Gasteiger partial charge in [-0.3, -0.25) is 0 Å². The molecule has 0 amide bonds. The summed E-state index contributed by atoms with van der Waals surface area (Å²) >= 11 is 0. The normalized spacial score (nSPS) is 12.3. The Bertz CT molecular complexity index is 4620. The first kappa shape index (κ1) is 43.9. The van der Waals surface area contributed by atoms with E-state index in [1.165, 1.54) is 172 Å². The molecule has 17 rings (SSSR count). The zero-order chi connectivity index (χ0) is 51.7. The molecule has 0 saturated carbocycles. The summed E-state index contributed by atoms with van der Waals surface area (Å²) in [4.78, 5) is 3.61. The van der Waals surface area contributed by atoms with E-state index in [0.29, 0.717) is 0 Å². The summed E-state index contributed by atoms with van der Waals surface area (Å²) in [6.07, 6.45) is 4.62. The molecule has 1 aromatic heterocycles. The van der Waals surface area contributed by atoms with Crippen LogP contribution in [0, 0.1) is 0 Å². The molecular formula is C78H47N. The molecule has 13 aromatic carbocycles. The van der Waals surface area contributed by atoms with E-state index in [2.05, 4.69) is 284 Å². The highest BCUT2D eigenvalue weighted by Crippen LogP contribution is 2.60. The Morgan fingerprint density at radius 1 is 0.241 bits per heavy atom. The van der Waals surface area contributed by atoms with E-state index in [1.807, 2.05) is 0 Å². The number of hydrogen-bond donors (Lipinski definition) is 1. The van der Waals surface area contributed by atoms with Crippen molar-refractivity contribution in [3.05, 3.63) is 290 Å². The maximum absolute atomic E-state index is 3.61. The van der Waals surface area contributed by atoms with Gasteiger partial charge in [-0.05, 0) is 197 Å². The number of aromatic nitrogens is 1. The zero-order valence-electron chi connectivity index (χ0n) is 43.1. The molecule has 0 spiro atoms. The van der Waals surface area contributed by atoms with E-state index in [-0.39, 0.29) is 0 Å². The van der Waals surface area contributed by atoms with Crippen molar-refractivity contribution in [3.8, 4) is 122 Å². The Morgan fingerprint density at radius 2 is 0.633 bits per heavy atom. The van der Waals surface area contributed by atoms with Gasteiger partial charge in [0, 0.05) is 22.7 Å². The third-order valence-electron chi connectivity index (χ3n) is 17.3. The first-order chi connectivity index (χ1) is 39.2. The quantitative estimate of drug-likeness (QED) is 0.164. The fourth-order valence-electron chi connectivity index (χ4n) is 13.9. The summed E-state index contributed by atoms with van der Waals surface area (Å²) in [6.45, 7) is 0. The SMILES string of the molecule is C(=C1c2cc(-c3cc(-c4ccccc4)c4c(c3-c3ccccc3)-c3cccc5cccc-4c35)ccc2-c2ccc(-c3cc(-c4ccccc4)c4c(c3-c3ccccc3)-c3cccc5cccc-4c35)cc21)c1c[nH]c2ccccc12. The van der Waals surface area contributed by atoms with E-state index >= 15 is 0 Å². The summed E-state index contributed by atoms with van der Waals surface area (Å²) in [6, 6.07) is 99.7. The highest BCUT2D eigenvalue weighted by Gasteiger charge is 2.34. The second kappa shape index (κ2) is 17.1. The topological polar surface area (TPSA) is 15.8 Å². The summed E-state index contributed by atoms with van der Waals surface area (Å²) in [7, 11) is 0. The number of hydrogen-bond acceptors (Lipinski definition) is 0. The Balaban J connectivity index is 0.928. The van der Waals surface area contributed by atoms with Crippen molar-refractivity contribution in [2.24, 2.45) is 0 Å². The van der Waals surface area contributed by atoms with Gasteiger partial charge < -0.3 is 4.98 Å². The lowest BCUT2D eigenvalue weighted by Gasteiger charge is -2.21. The van der Waals surface area contributed by atoms with Gasteiger partial charge in [0.2, 0.25) is 0 Å². The van der Waals surface area contributed by atoms with Gasteiger partial charge in [0.05, 0.1) is 0 Å². The van der Waals surface area contributed by atoms with Crippen molar-refractivity contribution in [1.82, 2.24) is 4.98 Å². The van der Waals surface area contributed by atoms with Crippen LogP contribution in [0.2, 0.25) is 0 Å². The van der Waals surface area contributed by atoms with Crippen molar-refractivity contribution in [3.63, 3.8) is 0 Å². The number of nitrogens with one attached hydrogen (secondary N) is 1. The Hall–Kier alpha value is -10.3. The Labute approximate surface area is 458 Å². The standard InChI is InChI=1S/C78H47N/c1-5-19-47(20-6-1)63-44-65(73(51-23-9-3-10-24-51)77-61-34-17-29-49-27-15-32-59(71(49)61)75(63)77)53-37-39-57-58-40-38-54(42-68(58)69(67(57)41-53)43-55-46-79-70-36-14-13-31-56(55)70)66-45-64(48-21-7-2-8-22-48)76-60-33-16-28-50-30-18-35-62(72(50)60)78(76)74(66)52-25-11-4-12-26-52/h1-46,79H. The molecule has 0 saturated heterocycles. The van der Waals surface area contributed by atoms with Crippen molar-refractivity contribution in [1.29, 1.82) is 0 Å². The summed E-state index contributed by atoms with van der Waals surface area (Å²) < 4.78 is 0. The highest BCUT2D eigenvalue weighted by molar-refractivity contribution is 6.25. The van der Waals surface area contributed by atoms with Gasteiger partial charge in [0.15, 0.2) is 0 Å². The van der Waals surface area contributed by atoms with Gasteiger partial charge in [-0.15, -0.1) is 0 Å². The van der Waals surface area contributed by atoms with Crippen molar-refractivity contribution in [2.45, 2.75) is 0 Å². The van der Waals surface area contributed by atoms with Crippen LogP contribution >= 0.6 is 0 Å². The molecular weight excluding hydrogens is 951 g/mol. The van der Waals surface area contributed by atoms with Gasteiger partial charge >= 0.3 is 0 Å². The molecule has 1 nitrogen and oxygen atoms in total. The third kappa shape index (κ3) is 6.51. The minimum absolute atomic E-state index is 1.13. The molecule has 79 heavy (non-hydrogen) atoms.